The molecular formula is C24H27ClN4O3S2. The Labute approximate surface area is 207 Å². The number of aliphatic hydroxyl groups is 1. The zero-order valence-corrected chi connectivity index (χ0v) is 21.1. The van der Waals surface area contributed by atoms with E-state index in [0.29, 0.717) is 50.9 Å². The number of nitriles is 1. The third-order valence-electron chi connectivity index (χ3n) is 7.27. The van der Waals surface area contributed by atoms with Gasteiger partial charge in [0, 0.05) is 22.3 Å². The first kappa shape index (κ1) is 23.7. The molecule has 0 unspecified atom stereocenters. The Bertz CT molecular complexity index is 1290. The number of nitrogens with one attached hydrogen (secondary N) is 1. The van der Waals surface area contributed by atoms with E-state index in [0.717, 1.165) is 32.1 Å². The molecule has 2 fully saturated rings. The van der Waals surface area contributed by atoms with E-state index in [-0.39, 0.29) is 18.0 Å². The average molecular weight is 519 g/mol. The number of benzene rings is 1. The predicted molar refractivity (Wildman–Crippen MR) is 135 cm³/mol. The molecule has 1 aromatic carbocycles. The van der Waals surface area contributed by atoms with Gasteiger partial charge in [-0.1, -0.05) is 23.7 Å². The largest absolute Gasteiger partial charge is 0.394 e. The molecule has 2 aromatic rings. The van der Waals surface area contributed by atoms with E-state index in [9.17, 15) is 18.8 Å². The van der Waals surface area contributed by atoms with Gasteiger partial charge in [-0.25, -0.2) is 9.19 Å². The maximum absolute atomic E-state index is 13.7. The second-order valence-electron chi connectivity index (χ2n) is 9.39. The van der Waals surface area contributed by atoms with Crippen LogP contribution in [0.2, 0.25) is 5.02 Å². The molecule has 3 heterocycles. The van der Waals surface area contributed by atoms with Gasteiger partial charge in [-0.15, -0.1) is 0 Å². The molecule has 1 saturated heterocycles. The molecule has 2 N–H and O–H groups in total. The first-order chi connectivity index (χ1) is 16.4. The molecule has 0 bridgehead atoms. The number of anilines is 1. The highest BCUT2D eigenvalue weighted by atomic mass is 35.5. The van der Waals surface area contributed by atoms with Gasteiger partial charge in [0.25, 0.3) is 0 Å². The minimum Gasteiger partial charge on any atom is -0.394 e. The number of hydrogen-bond donors (Lipinski definition) is 2. The van der Waals surface area contributed by atoms with Gasteiger partial charge in [-0.2, -0.15) is 9.62 Å². The zero-order valence-electron chi connectivity index (χ0n) is 18.8. The number of aromatic nitrogens is 1. The summed E-state index contributed by atoms with van der Waals surface area (Å²) in [4.78, 5) is 5.15. The van der Waals surface area contributed by atoms with Gasteiger partial charge in [0.15, 0.2) is 5.82 Å². The minimum absolute atomic E-state index is 0.0502. The van der Waals surface area contributed by atoms with Crippen LogP contribution in [0.4, 0.5) is 11.6 Å². The van der Waals surface area contributed by atoms with Crippen molar-refractivity contribution in [2.24, 2.45) is 4.36 Å². The number of halogens is 1. The van der Waals surface area contributed by atoms with Gasteiger partial charge in [-0.05, 0) is 67.7 Å². The van der Waals surface area contributed by atoms with Crippen molar-refractivity contribution in [3.8, 4) is 6.07 Å². The minimum atomic E-state index is -2.58. The molecule has 0 amide bonds. The molecule has 0 spiro atoms. The molecule has 10 heteroatoms. The molecule has 180 valence electrons. The summed E-state index contributed by atoms with van der Waals surface area (Å²) in [7, 11) is -3.85. The van der Waals surface area contributed by atoms with Crippen LogP contribution in [0.25, 0.3) is 0 Å². The summed E-state index contributed by atoms with van der Waals surface area (Å²) in [6.07, 6.45) is 4.55. The average Bonchev–Trinajstić information content (AvgIpc) is 3.19. The van der Waals surface area contributed by atoms with Gasteiger partial charge in [0.05, 0.1) is 37.6 Å². The summed E-state index contributed by atoms with van der Waals surface area (Å²) in [5.74, 6) is 2.17. The Hall–Kier alpha value is -1.99. The van der Waals surface area contributed by atoms with Crippen LogP contribution in [0.5, 0.6) is 0 Å². The molecular weight excluding hydrogens is 492 g/mol. The number of fused-ring (bicyclic) bond motifs is 1. The van der Waals surface area contributed by atoms with Gasteiger partial charge >= 0.3 is 0 Å². The van der Waals surface area contributed by atoms with Crippen molar-refractivity contribution < 1.29 is 13.5 Å². The molecule has 1 aliphatic carbocycles. The summed E-state index contributed by atoms with van der Waals surface area (Å²) in [6, 6.07) is 9.97. The quantitative estimate of drug-likeness (QED) is 0.610. The molecule has 0 radical (unpaired) electrons. The predicted octanol–water partition coefficient (Wildman–Crippen LogP) is 4.27. The van der Waals surface area contributed by atoms with E-state index in [1.54, 1.807) is 0 Å². The standard InChI is InChI=1S/C24H27ClN4O3S2/c25-18-4-2-16(3-5-18)17-7-12-34(32,13-8-17)29-22-20(14-26)19-6-11-33(31)21(19)23(27-22)28-24(15-30)9-1-10-24/h2-5,17,30H,1,6-13,15H2,(H,27,28)/t17?,33-,34?/m0/s1. The molecule has 1 saturated carbocycles. The first-order valence-corrected chi connectivity index (χ1v) is 15.1. The molecule has 1 aromatic heterocycles. The second-order valence-corrected chi connectivity index (χ2v) is 13.9. The third-order valence-corrected chi connectivity index (χ3v) is 11.2. The van der Waals surface area contributed by atoms with Gasteiger partial charge in [0.2, 0.25) is 0 Å². The van der Waals surface area contributed by atoms with E-state index in [1.807, 2.05) is 24.3 Å². The molecule has 3 aliphatic rings. The van der Waals surface area contributed by atoms with E-state index in [2.05, 4.69) is 20.7 Å². The fourth-order valence-corrected chi connectivity index (χ4v) is 8.70. The normalized spacial score (nSPS) is 27.3. The highest BCUT2D eigenvalue weighted by Gasteiger charge is 2.39. The van der Waals surface area contributed by atoms with Crippen LogP contribution < -0.4 is 5.32 Å². The van der Waals surface area contributed by atoms with Crippen LogP contribution in [0.15, 0.2) is 33.5 Å². The fraction of sp³-hybridized carbons (Fsp3) is 0.500. The second kappa shape index (κ2) is 9.23. The van der Waals surface area contributed by atoms with Gasteiger partial charge in [-0.3, -0.25) is 4.21 Å². The van der Waals surface area contributed by atoms with Crippen molar-refractivity contribution in [2.45, 2.75) is 54.9 Å². The maximum atomic E-state index is 13.7. The van der Waals surface area contributed by atoms with Crippen LogP contribution in [-0.2, 0) is 26.9 Å². The summed E-state index contributed by atoms with van der Waals surface area (Å²) in [5, 5.41) is 23.8. The summed E-state index contributed by atoms with van der Waals surface area (Å²) < 4.78 is 31.1. The lowest BCUT2D eigenvalue weighted by Gasteiger charge is -2.41. The van der Waals surface area contributed by atoms with Crippen LogP contribution in [0, 0.1) is 11.3 Å². The number of aliphatic hydroxyl groups excluding tert-OH is 1. The lowest BCUT2D eigenvalue weighted by molar-refractivity contribution is 0.143. The van der Waals surface area contributed by atoms with E-state index in [4.69, 9.17) is 11.6 Å². The van der Waals surface area contributed by atoms with Crippen LogP contribution in [-0.4, -0.2) is 47.9 Å². The highest BCUT2D eigenvalue weighted by Crippen LogP contribution is 2.41. The van der Waals surface area contributed by atoms with Crippen molar-refractivity contribution >= 4 is 43.8 Å². The van der Waals surface area contributed by atoms with Crippen LogP contribution >= 0.6 is 11.6 Å². The fourth-order valence-electron chi connectivity index (χ4n) is 5.05. The Kier molecular flexibility index (Phi) is 6.44. The lowest BCUT2D eigenvalue weighted by Crippen LogP contribution is -2.48. The number of rotatable bonds is 5. The smallest absolute Gasteiger partial charge is 0.181 e. The van der Waals surface area contributed by atoms with Crippen molar-refractivity contribution in [1.29, 1.82) is 5.26 Å². The lowest BCUT2D eigenvalue weighted by atomic mass is 9.77. The molecule has 5 rings (SSSR count). The van der Waals surface area contributed by atoms with E-state index < -0.39 is 26.1 Å². The molecule has 7 nitrogen and oxygen atoms in total. The van der Waals surface area contributed by atoms with Gasteiger partial charge in [0.1, 0.15) is 17.5 Å². The van der Waals surface area contributed by atoms with Crippen LogP contribution in [0.1, 0.15) is 54.7 Å². The summed E-state index contributed by atoms with van der Waals surface area (Å²) in [6.45, 7) is -0.0502. The maximum Gasteiger partial charge on any atom is 0.181 e. The Morgan fingerprint density at radius 3 is 2.59 bits per heavy atom. The van der Waals surface area contributed by atoms with Crippen molar-refractivity contribution in [3.63, 3.8) is 0 Å². The SMILES string of the molecule is N#Cc1c(N=S2(=O)CCC(c3ccc(Cl)cc3)CC2)nc(NC2(CO)CCC2)c2c1CC[S@@]2=O. The van der Waals surface area contributed by atoms with Crippen molar-refractivity contribution in [1.82, 2.24) is 4.98 Å². The zero-order chi connectivity index (χ0) is 23.9. The number of hydrogen-bond acceptors (Lipinski definition) is 7. The molecule has 2 aliphatic heterocycles. The Morgan fingerprint density at radius 1 is 1.29 bits per heavy atom. The third kappa shape index (κ3) is 4.37. The Morgan fingerprint density at radius 2 is 2.00 bits per heavy atom. The summed E-state index contributed by atoms with van der Waals surface area (Å²) >= 11 is 6.01. The highest BCUT2D eigenvalue weighted by molar-refractivity contribution is 7.93. The topological polar surface area (TPSA) is 115 Å². The summed E-state index contributed by atoms with van der Waals surface area (Å²) in [5.41, 5.74) is 1.66. The molecule has 1 atom stereocenters. The first-order valence-electron chi connectivity index (χ1n) is 11.6. The van der Waals surface area contributed by atoms with Gasteiger partial charge < -0.3 is 10.4 Å². The number of pyridine rings is 1. The van der Waals surface area contributed by atoms with Crippen molar-refractivity contribution in [2.75, 3.05) is 29.2 Å². The molecule has 34 heavy (non-hydrogen) atoms. The Balaban J connectivity index is 1.49. The van der Waals surface area contributed by atoms with E-state index in [1.165, 1.54) is 5.56 Å². The number of nitrogens with zero attached hydrogens (tertiary/aromatic N) is 3. The van der Waals surface area contributed by atoms with Crippen molar-refractivity contribution in [3.05, 3.63) is 46.0 Å². The van der Waals surface area contributed by atoms with E-state index >= 15 is 0 Å². The monoisotopic (exact) mass is 518 g/mol. The van der Waals surface area contributed by atoms with Crippen LogP contribution in [0.3, 0.4) is 0 Å².